The molecule has 0 radical (unpaired) electrons. The maximum absolute atomic E-state index is 12.9. The topological polar surface area (TPSA) is 86.8 Å². The first-order valence-corrected chi connectivity index (χ1v) is 12.3. The summed E-state index contributed by atoms with van der Waals surface area (Å²) in [4.78, 5) is 27.3. The molecule has 2 aliphatic rings. The van der Waals surface area contributed by atoms with Gasteiger partial charge in [-0.3, -0.25) is 9.59 Å². The van der Waals surface area contributed by atoms with Gasteiger partial charge in [0.2, 0.25) is 21.8 Å². The van der Waals surface area contributed by atoms with Gasteiger partial charge in [-0.1, -0.05) is 17.7 Å². The summed E-state index contributed by atoms with van der Waals surface area (Å²) in [6.07, 6.45) is 2.45. The molecule has 1 N–H and O–H groups in total. The molecule has 0 atom stereocenters. The van der Waals surface area contributed by atoms with Gasteiger partial charge in [-0.05, 0) is 58.6 Å². The summed E-state index contributed by atoms with van der Waals surface area (Å²) in [5.41, 5.74) is 1.02. The van der Waals surface area contributed by atoms with Crippen molar-refractivity contribution in [1.82, 2.24) is 14.5 Å². The van der Waals surface area contributed by atoms with Gasteiger partial charge >= 0.3 is 0 Å². The van der Waals surface area contributed by atoms with E-state index in [9.17, 15) is 18.0 Å². The lowest BCUT2D eigenvalue weighted by Crippen LogP contribution is -2.48. The lowest BCUT2D eigenvalue weighted by molar-refractivity contribution is -0.140. The Morgan fingerprint density at radius 2 is 1.47 bits per heavy atom. The number of hydrogen-bond donors (Lipinski definition) is 1. The zero-order chi connectivity index (χ0) is 21.9. The van der Waals surface area contributed by atoms with Crippen molar-refractivity contribution in [3.8, 4) is 0 Å². The van der Waals surface area contributed by atoms with Gasteiger partial charge in [-0.25, -0.2) is 8.42 Å². The summed E-state index contributed by atoms with van der Waals surface area (Å²) >= 11 is 0. The summed E-state index contributed by atoms with van der Waals surface area (Å²) in [6, 6.07) is 7.00. The standard InChI is InChI=1S/C22H33N3O4S/c1-16(2)23-21(26)18-8-12-24(13-9-18)22(27)19-10-14-25(15-11-19)30(28,29)20-6-4-17(3)5-7-20/h4-7,16,18-19H,8-15H2,1-3H3,(H,23,26). The normalized spacial score (nSPS) is 19.8. The Kier molecular flexibility index (Phi) is 7.18. The quantitative estimate of drug-likeness (QED) is 0.768. The van der Waals surface area contributed by atoms with Gasteiger partial charge < -0.3 is 10.2 Å². The number of hydrogen-bond acceptors (Lipinski definition) is 4. The molecule has 0 aromatic heterocycles. The monoisotopic (exact) mass is 435 g/mol. The molecule has 0 bridgehead atoms. The lowest BCUT2D eigenvalue weighted by Gasteiger charge is -2.36. The first kappa shape index (κ1) is 22.7. The minimum absolute atomic E-state index is 0.0297. The molecule has 0 unspecified atom stereocenters. The highest BCUT2D eigenvalue weighted by Gasteiger charge is 2.35. The van der Waals surface area contributed by atoms with Gasteiger partial charge in [0.05, 0.1) is 4.90 Å². The molecule has 2 heterocycles. The van der Waals surface area contributed by atoms with Crippen LogP contribution in [0.1, 0.15) is 45.1 Å². The molecule has 0 saturated carbocycles. The second-order valence-corrected chi connectivity index (χ2v) is 10.7. The Balaban J connectivity index is 1.51. The van der Waals surface area contributed by atoms with Crippen molar-refractivity contribution >= 4 is 21.8 Å². The summed E-state index contributed by atoms with van der Waals surface area (Å²) in [6.45, 7) is 7.73. The molecule has 1 aromatic carbocycles. The van der Waals surface area contributed by atoms with Crippen LogP contribution in [0.15, 0.2) is 29.2 Å². The SMILES string of the molecule is Cc1ccc(S(=O)(=O)N2CCC(C(=O)N3CCC(C(=O)NC(C)C)CC3)CC2)cc1. The van der Waals surface area contributed by atoms with Gasteiger partial charge in [0.25, 0.3) is 0 Å². The van der Waals surface area contributed by atoms with E-state index in [2.05, 4.69) is 5.32 Å². The first-order chi connectivity index (χ1) is 14.2. The molecular formula is C22H33N3O4S. The predicted octanol–water partition coefficient (Wildman–Crippen LogP) is 2.16. The number of aryl methyl sites for hydroxylation is 1. The van der Waals surface area contributed by atoms with Crippen LogP contribution in [-0.4, -0.2) is 61.7 Å². The van der Waals surface area contributed by atoms with Crippen LogP contribution in [0.4, 0.5) is 0 Å². The van der Waals surface area contributed by atoms with E-state index in [-0.39, 0.29) is 29.7 Å². The summed E-state index contributed by atoms with van der Waals surface area (Å²) in [7, 11) is -3.52. The van der Waals surface area contributed by atoms with Gasteiger partial charge in [-0.2, -0.15) is 4.31 Å². The Morgan fingerprint density at radius 3 is 2.00 bits per heavy atom. The van der Waals surface area contributed by atoms with Crippen LogP contribution < -0.4 is 5.32 Å². The molecule has 2 aliphatic heterocycles. The van der Waals surface area contributed by atoms with Crippen LogP contribution in [0, 0.1) is 18.8 Å². The summed E-state index contributed by atoms with van der Waals surface area (Å²) in [5.74, 6) is 0.00489. The fourth-order valence-electron chi connectivity index (χ4n) is 4.23. The number of rotatable bonds is 5. The number of carbonyl (C=O) groups is 2. The molecule has 7 nitrogen and oxygen atoms in total. The van der Waals surface area contributed by atoms with Crippen molar-refractivity contribution in [2.45, 2.75) is 57.4 Å². The van der Waals surface area contributed by atoms with Crippen LogP contribution in [0.3, 0.4) is 0 Å². The third-order valence-electron chi connectivity index (χ3n) is 6.07. The Labute approximate surface area is 179 Å². The number of amides is 2. The van der Waals surface area contributed by atoms with Crippen LogP contribution >= 0.6 is 0 Å². The van der Waals surface area contributed by atoms with E-state index < -0.39 is 10.0 Å². The van der Waals surface area contributed by atoms with E-state index >= 15 is 0 Å². The van der Waals surface area contributed by atoms with Crippen molar-refractivity contribution in [1.29, 1.82) is 0 Å². The van der Waals surface area contributed by atoms with Crippen molar-refractivity contribution in [3.05, 3.63) is 29.8 Å². The van der Waals surface area contributed by atoms with E-state index in [1.807, 2.05) is 25.7 Å². The van der Waals surface area contributed by atoms with Crippen LogP contribution in [0.2, 0.25) is 0 Å². The predicted molar refractivity (Wildman–Crippen MR) is 115 cm³/mol. The molecule has 0 spiro atoms. The maximum Gasteiger partial charge on any atom is 0.243 e. The minimum atomic E-state index is -3.52. The van der Waals surface area contributed by atoms with E-state index in [0.29, 0.717) is 56.8 Å². The van der Waals surface area contributed by atoms with Crippen molar-refractivity contribution in [2.75, 3.05) is 26.2 Å². The van der Waals surface area contributed by atoms with Crippen molar-refractivity contribution in [3.63, 3.8) is 0 Å². The number of sulfonamides is 1. The maximum atomic E-state index is 12.9. The number of carbonyl (C=O) groups excluding carboxylic acids is 2. The zero-order valence-electron chi connectivity index (χ0n) is 18.1. The second-order valence-electron chi connectivity index (χ2n) is 8.75. The number of likely N-dealkylation sites (tertiary alicyclic amines) is 1. The Bertz CT molecular complexity index is 851. The van der Waals surface area contributed by atoms with Gasteiger partial charge in [0.1, 0.15) is 0 Å². The van der Waals surface area contributed by atoms with Gasteiger partial charge in [-0.15, -0.1) is 0 Å². The summed E-state index contributed by atoms with van der Waals surface area (Å²) < 4.78 is 27.2. The lowest BCUT2D eigenvalue weighted by atomic mass is 9.92. The number of benzene rings is 1. The smallest absolute Gasteiger partial charge is 0.243 e. The second kappa shape index (κ2) is 9.47. The Morgan fingerprint density at radius 1 is 0.933 bits per heavy atom. The molecule has 0 aliphatic carbocycles. The van der Waals surface area contributed by atoms with E-state index in [4.69, 9.17) is 0 Å². The fourth-order valence-corrected chi connectivity index (χ4v) is 5.69. The molecule has 2 amide bonds. The number of piperidine rings is 2. The molecule has 3 rings (SSSR count). The molecule has 8 heteroatoms. The average molecular weight is 436 g/mol. The zero-order valence-corrected chi connectivity index (χ0v) is 19.0. The molecule has 166 valence electrons. The first-order valence-electron chi connectivity index (χ1n) is 10.8. The third-order valence-corrected chi connectivity index (χ3v) is 7.98. The highest BCUT2D eigenvalue weighted by atomic mass is 32.2. The van der Waals surface area contributed by atoms with E-state index in [1.165, 1.54) is 4.31 Å². The number of nitrogens with zero attached hydrogens (tertiary/aromatic N) is 2. The molecular weight excluding hydrogens is 402 g/mol. The highest BCUT2D eigenvalue weighted by molar-refractivity contribution is 7.89. The van der Waals surface area contributed by atoms with E-state index in [0.717, 1.165) is 5.56 Å². The van der Waals surface area contributed by atoms with Crippen LogP contribution in [0.25, 0.3) is 0 Å². The molecule has 30 heavy (non-hydrogen) atoms. The fraction of sp³-hybridized carbons (Fsp3) is 0.636. The van der Waals surface area contributed by atoms with E-state index in [1.54, 1.807) is 24.3 Å². The van der Waals surface area contributed by atoms with Crippen molar-refractivity contribution in [2.24, 2.45) is 11.8 Å². The minimum Gasteiger partial charge on any atom is -0.354 e. The van der Waals surface area contributed by atoms with Crippen LogP contribution in [-0.2, 0) is 19.6 Å². The number of nitrogens with one attached hydrogen (secondary N) is 1. The van der Waals surface area contributed by atoms with Crippen molar-refractivity contribution < 1.29 is 18.0 Å². The largest absolute Gasteiger partial charge is 0.354 e. The molecule has 1 aromatic rings. The summed E-state index contributed by atoms with van der Waals surface area (Å²) in [5, 5.41) is 2.95. The third kappa shape index (κ3) is 5.21. The van der Waals surface area contributed by atoms with Crippen LogP contribution in [0.5, 0.6) is 0 Å². The Hall–Kier alpha value is -1.93. The van der Waals surface area contributed by atoms with Gasteiger partial charge in [0, 0.05) is 44.1 Å². The highest BCUT2D eigenvalue weighted by Crippen LogP contribution is 2.27. The average Bonchev–Trinajstić information content (AvgIpc) is 2.73. The molecule has 2 fully saturated rings. The molecule has 2 saturated heterocycles. The van der Waals surface area contributed by atoms with Gasteiger partial charge in [0.15, 0.2) is 0 Å².